The standard InChI is InChI=1S/C14H19BrN2/c15-12-8-9-13(17-10-12)14(16)11-6-4-2-1-3-5-7-11/h6,8-10,14H,1-5,7,16H2/b11-6+. The number of halogens is 1. The summed E-state index contributed by atoms with van der Waals surface area (Å²) in [5.74, 6) is 0. The molecule has 1 unspecified atom stereocenters. The predicted molar refractivity (Wildman–Crippen MR) is 74.7 cm³/mol. The van der Waals surface area contributed by atoms with E-state index in [-0.39, 0.29) is 6.04 Å². The van der Waals surface area contributed by atoms with E-state index in [1.807, 2.05) is 18.3 Å². The van der Waals surface area contributed by atoms with Gasteiger partial charge in [-0.2, -0.15) is 0 Å². The van der Waals surface area contributed by atoms with Gasteiger partial charge in [-0.05, 0) is 53.7 Å². The highest BCUT2D eigenvalue weighted by molar-refractivity contribution is 9.10. The Bertz CT molecular complexity index is 384. The van der Waals surface area contributed by atoms with Crippen LogP contribution in [0, 0.1) is 0 Å². The van der Waals surface area contributed by atoms with Gasteiger partial charge in [0, 0.05) is 10.7 Å². The summed E-state index contributed by atoms with van der Waals surface area (Å²) in [7, 11) is 0. The third-order valence-corrected chi connectivity index (χ3v) is 3.76. The molecule has 1 aromatic heterocycles. The minimum Gasteiger partial charge on any atom is -0.319 e. The van der Waals surface area contributed by atoms with E-state index in [9.17, 15) is 0 Å². The van der Waals surface area contributed by atoms with Crippen LogP contribution in [0.4, 0.5) is 0 Å². The molecule has 0 bridgehead atoms. The molecule has 0 saturated heterocycles. The lowest BCUT2D eigenvalue weighted by Gasteiger charge is -2.18. The molecule has 2 N–H and O–H groups in total. The van der Waals surface area contributed by atoms with Crippen LogP contribution in [0.2, 0.25) is 0 Å². The maximum Gasteiger partial charge on any atom is 0.0685 e. The number of hydrogen-bond donors (Lipinski definition) is 1. The highest BCUT2D eigenvalue weighted by Gasteiger charge is 2.13. The molecule has 1 aliphatic carbocycles. The van der Waals surface area contributed by atoms with Gasteiger partial charge in [0.1, 0.15) is 0 Å². The maximum atomic E-state index is 6.29. The second kappa shape index (κ2) is 6.31. The van der Waals surface area contributed by atoms with Gasteiger partial charge in [-0.25, -0.2) is 0 Å². The summed E-state index contributed by atoms with van der Waals surface area (Å²) < 4.78 is 1.00. The van der Waals surface area contributed by atoms with Gasteiger partial charge < -0.3 is 5.73 Å². The van der Waals surface area contributed by atoms with Crippen LogP contribution in [0.5, 0.6) is 0 Å². The van der Waals surface area contributed by atoms with Gasteiger partial charge in [0.05, 0.1) is 11.7 Å². The molecule has 0 aliphatic heterocycles. The number of hydrogen-bond acceptors (Lipinski definition) is 2. The maximum absolute atomic E-state index is 6.29. The second-order valence-corrected chi connectivity index (χ2v) is 5.53. The first-order chi connectivity index (χ1) is 8.27. The Labute approximate surface area is 111 Å². The van der Waals surface area contributed by atoms with E-state index in [1.165, 1.54) is 37.7 Å². The monoisotopic (exact) mass is 294 g/mol. The number of nitrogens with two attached hydrogens (primary N) is 1. The molecular formula is C14H19BrN2. The average molecular weight is 295 g/mol. The summed E-state index contributed by atoms with van der Waals surface area (Å²) in [4.78, 5) is 4.39. The first kappa shape index (κ1) is 12.8. The van der Waals surface area contributed by atoms with Gasteiger partial charge in [-0.3, -0.25) is 4.98 Å². The molecule has 1 atom stereocenters. The van der Waals surface area contributed by atoms with Crippen molar-refractivity contribution in [3.63, 3.8) is 0 Å². The van der Waals surface area contributed by atoms with Gasteiger partial charge in [0.25, 0.3) is 0 Å². The zero-order valence-corrected chi connectivity index (χ0v) is 11.6. The fourth-order valence-corrected chi connectivity index (χ4v) is 2.49. The minimum absolute atomic E-state index is 0.0267. The second-order valence-electron chi connectivity index (χ2n) is 4.61. The third-order valence-electron chi connectivity index (χ3n) is 3.29. The van der Waals surface area contributed by atoms with Crippen molar-refractivity contribution in [1.29, 1.82) is 0 Å². The Morgan fingerprint density at radius 2 is 2.00 bits per heavy atom. The van der Waals surface area contributed by atoms with Crippen LogP contribution in [0.1, 0.15) is 50.3 Å². The summed E-state index contributed by atoms with van der Waals surface area (Å²) in [6.45, 7) is 0. The summed E-state index contributed by atoms with van der Waals surface area (Å²) in [5.41, 5.74) is 8.63. The quantitative estimate of drug-likeness (QED) is 0.833. The summed E-state index contributed by atoms with van der Waals surface area (Å²) in [5, 5.41) is 0. The molecule has 1 aromatic rings. The SMILES string of the molecule is NC(/C1=C/CCCCCC1)c1ccc(Br)cn1. The topological polar surface area (TPSA) is 38.9 Å². The molecule has 0 fully saturated rings. The lowest BCUT2D eigenvalue weighted by molar-refractivity contribution is 0.599. The zero-order valence-electron chi connectivity index (χ0n) is 10.0. The fourth-order valence-electron chi connectivity index (χ4n) is 2.26. The van der Waals surface area contributed by atoms with Gasteiger partial charge in [-0.1, -0.05) is 24.5 Å². The fraction of sp³-hybridized carbons (Fsp3) is 0.500. The lowest BCUT2D eigenvalue weighted by atomic mass is 9.93. The summed E-state index contributed by atoms with van der Waals surface area (Å²) in [6.07, 6.45) is 11.7. The van der Waals surface area contributed by atoms with Gasteiger partial charge >= 0.3 is 0 Å². The molecule has 0 spiro atoms. The lowest BCUT2D eigenvalue weighted by Crippen LogP contribution is -2.15. The highest BCUT2D eigenvalue weighted by Crippen LogP contribution is 2.26. The molecule has 0 aromatic carbocycles. The largest absolute Gasteiger partial charge is 0.319 e. The minimum atomic E-state index is -0.0267. The van der Waals surface area contributed by atoms with E-state index in [0.717, 1.165) is 16.6 Å². The molecule has 0 radical (unpaired) electrons. The van der Waals surface area contributed by atoms with Crippen molar-refractivity contribution in [2.45, 2.75) is 44.6 Å². The van der Waals surface area contributed by atoms with E-state index >= 15 is 0 Å². The number of allylic oxidation sites excluding steroid dienone is 1. The van der Waals surface area contributed by atoms with Crippen molar-refractivity contribution in [3.8, 4) is 0 Å². The summed E-state index contributed by atoms with van der Waals surface area (Å²) >= 11 is 3.40. The molecule has 0 amide bonds. The Hall–Kier alpha value is -0.670. The van der Waals surface area contributed by atoms with E-state index in [0.29, 0.717) is 0 Å². The van der Waals surface area contributed by atoms with Crippen LogP contribution in [0.15, 0.2) is 34.5 Å². The smallest absolute Gasteiger partial charge is 0.0685 e. The highest BCUT2D eigenvalue weighted by atomic mass is 79.9. The van der Waals surface area contributed by atoms with E-state index < -0.39 is 0 Å². The van der Waals surface area contributed by atoms with Gasteiger partial charge in [0.2, 0.25) is 0 Å². The predicted octanol–water partition coefficient (Wildman–Crippen LogP) is 4.12. The van der Waals surface area contributed by atoms with Gasteiger partial charge in [-0.15, -0.1) is 0 Å². The molecule has 92 valence electrons. The van der Waals surface area contributed by atoms with E-state index in [1.54, 1.807) is 0 Å². The molecule has 1 aliphatic rings. The molecule has 17 heavy (non-hydrogen) atoms. The van der Waals surface area contributed by atoms with Crippen LogP contribution >= 0.6 is 15.9 Å². The normalized spacial score (nSPS) is 22.1. The summed E-state index contributed by atoms with van der Waals surface area (Å²) in [6, 6.07) is 3.99. The Balaban J connectivity index is 2.11. The van der Waals surface area contributed by atoms with Crippen molar-refractivity contribution < 1.29 is 0 Å². The van der Waals surface area contributed by atoms with Gasteiger partial charge in [0.15, 0.2) is 0 Å². The molecule has 3 heteroatoms. The number of nitrogens with zero attached hydrogens (tertiary/aromatic N) is 1. The Morgan fingerprint density at radius 1 is 1.18 bits per heavy atom. The van der Waals surface area contributed by atoms with Crippen LogP contribution in [0.25, 0.3) is 0 Å². The van der Waals surface area contributed by atoms with Crippen molar-refractivity contribution in [2.24, 2.45) is 5.73 Å². The van der Waals surface area contributed by atoms with Crippen LogP contribution < -0.4 is 5.73 Å². The zero-order chi connectivity index (χ0) is 12.1. The molecule has 2 rings (SSSR count). The van der Waals surface area contributed by atoms with E-state index in [2.05, 4.69) is 27.0 Å². The Morgan fingerprint density at radius 3 is 2.76 bits per heavy atom. The number of aromatic nitrogens is 1. The van der Waals surface area contributed by atoms with Crippen molar-refractivity contribution in [1.82, 2.24) is 4.98 Å². The van der Waals surface area contributed by atoms with E-state index in [4.69, 9.17) is 5.73 Å². The molecule has 2 nitrogen and oxygen atoms in total. The first-order valence-electron chi connectivity index (χ1n) is 6.33. The Kier molecular flexibility index (Phi) is 4.75. The van der Waals surface area contributed by atoms with Crippen LogP contribution in [-0.2, 0) is 0 Å². The van der Waals surface area contributed by atoms with Crippen molar-refractivity contribution >= 4 is 15.9 Å². The molecule has 1 heterocycles. The average Bonchev–Trinajstić information content (AvgIpc) is 2.29. The third kappa shape index (κ3) is 3.65. The molecule has 0 saturated carbocycles. The number of rotatable bonds is 2. The number of pyridine rings is 1. The van der Waals surface area contributed by atoms with Crippen LogP contribution in [-0.4, -0.2) is 4.98 Å². The van der Waals surface area contributed by atoms with Crippen molar-refractivity contribution in [2.75, 3.05) is 0 Å². The van der Waals surface area contributed by atoms with Crippen LogP contribution in [0.3, 0.4) is 0 Å². The molecular weight excluding hydrogens is 276 g/mol. The first-order valence-corrected chi connectivity index (χ1v) is 7.12. The van der Waals surface area contributed by atoms with Crippen molar-refractivity contribution in [3.05, 3.63) is 40.1 Å².